The number of amides is 2. The molecule has 0 spiro atoms. The third kappa shape index (κ3) is 6.52. The van der Waals surface area contributed by atoms with Crippen LogP contribution in [0, 0.1) is 0 Å². The third-order valence-electron chi connectivity index (χ3n) is 9.80. The number of rotatable bonds is 11. The normalized spacial score (nSPS) is 20.9. The minimum absolute atomic E-state index is 0.00622. The summed E-state index contributed by atoms with van der Waals surface area (Å²) in [6.07, 6.45) is 5.99. The predicted molar refractivity (Wildman–Crippen MR) is 189 cm³/mol. The van der Waals surface area contributed by atoms with Crippen LogP contribution in [0.4, 0.5) is 17.1 Å². The van der Waals surface area contributed by atoms with Crippen molar-refractivity contribution in [3.63, 3.8) is 0 Å². The number of fused-ring (bicyclic) bond motifs is 4. The van der Waals surface area contributed by atoms with Crippen LogP contribution in [0.3, 0.4) is 0 Å². The Hall–Kier alpha value is -5.10. The molecule has 0 bridgehead atoms. The van der Waals surface area contributed by atoms with Gasteiger partial charge < -0.3 is 50.8 Å². The van der Waals surface area contributed by atoms with Crippen LogP contribution in [0.15, 0.2) is 54.7 Å². The zero-order valence-electron chi connectivity index (χ0n) is 28.0. The van der Waals surface area contributed by atoms with Gasteiger partial charge in [-0.3, -0.25) is 9.59 Å². The second-order valence-electron chi connectivity index (χ2n) is 13.1. The Kier molecular flexibility index (Phi) is 9.13. The van der Waals surface area contributed by atoms with Gasteiger partial charge in [-0.2, -0.15) is 0 Å². The van der Waals surface area contributed by atoms with Crippen LogP contribution in [0.5, 0.6) is 23.0 Å². The number of unbranched alkanes of at least 4 members (excludes halogenated alkanes) is 2. The van der Waals surface area contributed by atoms with Crippen molar-refractivity contribution in [2.24, 2.45) is 5.73 Å². The Morgan fingerprint density at radius 2 is 1.37 bits per heavy atom. The van der Waals surface area contributed by atoms with Crippen LogP contribution in [-0.4, -0.2) is 86.8 Å². The Bertz CT molecular complexity index is 1760. The molecule has 0 aliphatic carbocycles. The fourth-order valence-electron chi connectivity index (χ4n) is 7.16. The van der Waals surface area contributed by atoms with E-state index in [1.807, 2.05) is 52.4 Å². The lowest BCUT2D eigenvalue weighted by molar-refractivity contribution is 0.0747. The summed E-state index contributed by atoms with van der Waals surface area (Å²) in [4.78, 5) is 30.6. The van der Waals surface area contributed by atoms with Gasteiger partial charge in [-0.1, -0.05) is 12.1 Å². The van der Waals surface area contributed by atoms with Crippen molar-refractivity contribution >= 4 is 34.4 Å². The molecule has 7 rings (SSSR count). The molecular formula is C37H44N6O6. The summed E-state index contributed by atoms with van der Waals surface area (Å²) >= 11 is 0. The van der Waals surface area contributed by atoms with Crippen molar-refractivity contribution in [1.29, 1.82) is 0 Å². The first-order valence-electron chi connectivity index (χ1n) is 17.0. The third-order valence-corrected chi connectivity index (χ3v) is 9.80. The highest BCUT2D eigenvalue weighted by Crippen LogP contribution is 2.40. The Balaban J connectivity index is 0.920. The molecule has 12 heteroatoms. The highest BCUT2D eigenvalue weighted by atomic mass is 16.5. The monoisotopic (exact) mass is 668 g/mol. The zero-order valence-corrected chi connectivity index (χ0v) is 28.0. The topological polar surface area (TPSA) is 154 Å². The molecule has 0 aromatic heterocycles. The van der Waals surface area contributed by atoms with Gasteiger partial charge in [-0.15, -0.1) is 0 Å². The lowest BCUT2D eigenvalue weighted by atomic mass is 10.0. The van der Waals surface area contributed by atoms with Crippen molar-refractivity contribution in [2.45, 2.75) is 50.2 Å². The van der Waals surface area contributed by atoms with E-state index < -0.39 is 0 Å². The number of carbonyl (C=O) groups is 2. The van der Waals surface area contributed by atoms with E-state index in [2.05, 4.69) is 10.6 Å². The smallest absolute Gasteiger partial charge is 0.260 e. The first-order valence-corrected chi connectivity index (χ1v) is 17.0. The standard InChI is InChI=1S/C37H44N6O6/c1-46-32-14-28-30(40-18-26-12-23(20-42(26)36(28)44)22-6-8-24(38)9-7-22)16-34(32)48-10-4-3-5-11-49-35-17-31-29(15-33(35)47-2)37(45)43-21-25(39)13-27(43)19-41-31/h6-9,14-17,20,25-27,40-41H,3-5,10-13,18-19,21,38-39H2,1-2H3/t25-,26+,27+/m1/s1. The molecule has 1 saturated heterocycles. The summed E-state index contributed by atoms with van der Waals surface area (Å²) in [7, 11) is 3.16. The molecule has 0 radical (unpaired) electrons. The second kappa shape index (κ2) is 13.8. The number of nitrogens with one attached hydrogen (secondary N) is 2. The van der Waals surface area contributed by atoms with Gasteiger partial charge in [0.2, 0.25) is 0 Å². The van der Waals surface area contributed by atoms with Crippen molar-refractivity contribution in [3.05, 3.63) is 71.4 Å². The summed E-state index contributed by atoms with van der Waals surface area (Å²) in [6.45, 7) is 2.82. The van der Waals surface area contributed by atoms with Gasteiger partial charge in [0.05, 0.1) is 62.0 Å². The van der Waals surface area contributed by atoms with E-state index >= 15 is 0 Å². The number of nitrogens with zero attached hydrogens (tertiary/aromatic N) is 2. The first-order chi connectivity index (χ1) is 23.8. The van der Waals surface area contributed by atoms with Crippen LogP contribution in [0.2, 0.25) is 0 Å². The number of carbonyl (C=O) groups excluding carboxylic acids is 2. The number of hydrogen-bond acceptors (Lipinski definition) is 10. The molecule has 3 aromatic rings. The van der Waals surface area contributed by atoms with Crippen molar-refractivity contribution in [2.75, 3.05) is 63.4 Å². The van der Waals surface area contributed by atoms with Gasteiger partial charge in [0.1, 0.15) is 0 Å². The molecule has 258 valence electrons. The van der Waals surface area contributed by atoms with Crippen LogP contribution in [0.25, 0.3) is 5.57 Å². The maximum absolute atomic E-state index is 13.7. The number of hydrogen-bond donors (Lipinski definition) is 4. The molecule has 0 unspecified atom stereocenters. The fraction of sp³-hybridized carbons (Fsp3) is 0.405. The number of methoxy groups -OCH3 is 2. The average molecular weight is 669 g/mol. The molecule has 3 aromatic carbocycles. The Morgan fingerprint density at radius 1 is 0.776 bits per heavy atom. The van der Waals surface area contributed by atoms with E-state index in [0.717, 1.165) is 54.6 Å². The average Bonchev–Trinajstić information content (AvgIpc) is 3.65. The van der Waals surface area contributed by atoms with Gasteiger partial charge in [0, 0.05) is 49.7 Å². The SMILES string of the molecule is COc1cc2c(cc1OCCCCCOc1cc3c(cc1OC)C(=O)N1C[C@H](N)C[C@H]1CN3)NC[C@@H]1CC(c3ccc(N)cc3)=CN1C2=O. The molecule has 6 N–H and O–H groups in total. The summed E-state index contributed by atoms with van der Waals surface area (Å²) in [5.74, 6) is 2.14. The molecule has 0 saturated carbocycles. The van der Waals surface area contributed by atoms with Gasteiger partial charge >= 0.3 is 0 Å². The molecule has 4 aliphatic rings. The van der Waals surface area contributed by atoms with Crippen molar-refractivity contribution < 1.29 is 28.5 Å². The summed E-state index contributed by atoms with van der Waals surface area (Å²) < 4.78 is 23.5. The van der Waals surface area contributed by atoms with Gasteiger partial charge in [-0.25, -0.2) is 0 Å². The molecule has 12 nitrogen and oxygen atoms in total. The van der Waals surface area contributed by atoms with Crippen LogP contribution >= 0.6 is 0 Å². The van der Waals surface area contributed by atoms with E-state index in [9.17, 15) is 9.59 Å². The fourth-order valence-corrected chi connectivity index (χ4v) is 7.16. The van der Waals surface area contributed by atoms with E-state index in [4.69, 9.17) is 30.4 Å². The number of ether oxygens (including phenoxy) is 4. The van der Waals surface area contributed by atoms with Crippen molar-refractivity contribution in [3.8, 4) is 23.0 Å². The van der Waals surface area contributed by atoms with E-state index in [1.165, 1.54) is 0 Å². The first kappa shape index (κ1) is 32.4. The molecule has 4 heterocycles. The summed E-state index contributed by atoms with van der Waals surface area (Å²) in [5.41, 5.74) is 17.5. The van der Waals surface area contributed by atoms with Crippen LogP contribution in [0.1, 0.15) is 58.4 Å². The summed E-state index contributed by atoms with van der Waals surface area (Å²) in [5, 5.41) is 6.89. The largest absolute Gasteiger partial charge is 0.493 e. The number of nitrogen functional groups attached to an aromatic ring is 1. The van der Waals surface area contributed by atoms with Crippen molar-refractivity contribution in [1.82, 2.24) is 9.80 Å². The molecule has 2 amide bonds. The van der Waals surface area contributed by atoms with E-state index in [0.29, 0.717) is 72.7 Å². The maximum Gasteiger partial charge on any atom is 0.260 e. The molecule has 49 heavy (non-hydrogen) atoms. The van der Waals surface area contributed by atoms with E-state index in [-0.39, 0.29) is 29.9 Å². The number of benzene rings is 3. The minimum atomic E-state index is -0.0705. The van der Waals surface area contributed by atoms with Gasteiger partial charge in [0.15, 0.2) is 23.0 Å². The second-order valence-corrected chi connectivity index (χ2v) is 13.1. The maximum atomic E-state index is 13.7. The lowest BCUT2D eigenvalue weighted by Gasteiger charge is -2.21. The lowest BCUT2D eigenvalue weighted by Crippen LogP contribution is -2.37. The van der Waals surface area contributed by atoms with Crippen LogP contribution < -0.4 is 41.0 Å². The molecule has 1 fully saturated rings. The zero-order chi connectivity index (χ0) is 34.1. The molecular weight excluding hydrogens is 624 g/mol. The predicted octanol–water partition coefficient (Wildman–Crippen LogP) is 4.56. The highest BCUT2D eigenvalue weighted by molar-refractivity contribution is 6.03. The van der Waals surface area contributed by atoms with E-state index in [1.54, 1.807) is 26.4 Å². The molecule has 3 atom stereocenters. The van der Waals surface area contributed by atoms with Crippen LogP contribution in [-0.2, 0) is 0 Å². The van der Waals surface area contributed by atoms with Gasteiger partial charge in [-0.05, 0) is 67.5 Å². The quantitative estimate of drug-likeness (QED) is 0.169. The Labute approximate surface area is 286 Å². The molecule has 4 aliphatic heterocycles. The Morgan fingerprint density at radius 3 is 1.98 bits per heavy atom. The highest BCUT2D eigenvalue weighted by Gasteiger charge is 2.38. The summed E-state index contributed by atoms with van der Waals surface area (Å²) in [6, 6.07) is 15.1. The number of anilines is 3. The minimum Gasteiger partial charge on any atom is -0.493 e. The number of nitrogens with two attached hydrogens (primary N) is 2. The van der Waals surface area contributed by atoms with Gasteiger partial charge in [0.25, 0.3) is 11.8 Å².